The normalized spacial score (nSPS) is 15.3. The summed E-state index contributed by atoms with van der Waals surface area (Å²) in [5.41, 5.74) is 4.72. The van der Waals surface area contributed by atoms with E-state index in [-0.39, 0.29) is 11.9 Å². The predicted molar refractivity (Wildman–Crippen MR) is 89.8 cm³/mol. The fourth-order valence-electron chi connectivity index (χ4n) is 3.28. The van der Waals surface area contributed by atoms with Crippen LogP contribution in [0.5, 0.6) is 0 Å². The maximum Gasteiger partial charge on any atom is 0.142 e. The lowest BCUT2D eigenvalue weighted by molar-refractivity contribution is 0.526. The molecule has 1 aliphatic rings. The average Bonchev–Trinajstić information content (AvgIpc) is 2.53. The van der Waals surface area contributed by atoms with Gasteiger partial charge >= 0.3 is 0 Å². The van der Waals surface area contributed by atoms with Crippen molar-refractivity contribution in [2.75, 3.05) is 0 Å². The smallest absolute Gasteiger partial charge is 0.142 e. The average molecular weight is 313 g/mol. The largest absolute Gasteiger partial charge is 0.307 e. The van der Waals surface area contributed by atoms with E-state index in [1.807, 2.05) is 6.07 Å². The molecule has 1 aromatic heterocycles. The maximum absolute atomic E-state index is 13.2. The van der Waals surface area contributed by atoms with E-state index >= 15 is 0 Å². The fraction of sp³-hybridized carbons (Fsp3) is 0.474. The Bertz CT molecular complexity index is 684. The van der Waals surface area contributed by atoms with E-state index in [1.54, 1.807) is 12.1 Å². The van der Waals surface area contributed by atoms with Crippen LogP contribution in [-0.4, -0.2) is 16.0 Å². The van der Waals surface area contributed by atoms with Gasteiger partial charge in [-0.15, -0.1) is 0 Å². The van der Waals surface area contributed by atoms with Crippen molar-refractivity contribution in [2.24, 2.45) is 0 Å². The summed E-state index contributed by atoms with van der Waals surface area (Å²) in [5.74, 6) is 0.692. The van der Waals surface area contributed by atoms with Crippen LogP contribution in [0.15, 0.2) is 24.3 Å². The maximum atomic E-state index is 13.2. The molecule has 0 bridgehead atoms. The summed E-state index contributed by atoms with van der Waals surface area (Å²) in [7, 11) is 0. The van der Waals surface area contributed by atoms with Gasteiger partial charge in [-0.3, -0.25) is 0 Å². The first-order valence-corrected chi connectivity index (χ1v) is 8.45. The summed E-state index contributed by atoms with van der Waals surface area (Å²) >= 11 is 0. The first kappa shape index (κ1) is 16.1. The third-order valence-electron chi connectivity index (χ3n) is 4.48. The Balaban J connectivity index is 1.60. The van der Waals surface area contributed by atoms with E-state index in [0.29, 0.717) is 6.54 Å². The topological polar surface area (TPSA) is 37.8 Å². The van der Waals surface area contributed by atoms with Crippen molar-refractivity contribution >= 4 is 0 Å². The van der Waals surface area contributed by atoms with Crippen molar-refractivity contribution in [1.29, 1.82) is 0 Å². The second-order valence-corrected chi connectivity index (χ2v) is 6.47. The monoisotopic (exact) mass is 313 g/mol. The van der Waals surface area contributed by atoms with Gasteiger partial charge in [-0.1, -0.05) is 12.1 Å². The summed E-state index contributed by atoms with van der Waals surface area (Å²) in [6.07, 6.45) is 5.46. The highest BCUT2D eigenvalue weighted by molar-refractivity contribution is 5.27. The fourth-order valence-corrected chi connectivity index (χ4v) is 3.28. The summed E-state index contributed by atoms with van der Waals surface area (Å²) in [5, 5.41) is 3.45. The summed E-state index contributed by atoms with van der Waals surface area (Å²) in [6.45, 7) is 4.85. The number of aromatic nitrogens is 2. The second-order valence-electron chi connectivity index (χ2n) is 6.47. The Morgan fingerprint density at radius 1 is 1.22 bits per heavy atom. The minimum Gasteiger partial charge on any atom is -0.307 e. The molecule has 23 heavy (non-hydrogen) atoms. The zero-order chi connectivity index (χ0) is 16.2. The molecule has 0 fully saturated rings. The molecule has 1 atom stereocenters. The van der Waals surface area contributed by atoms with Gasteiger partial charge in [-0.25, -0.2) is 14.4 Å². The lowest BCUT2D eigenvalue weighted by Crippen LogP contribution is -2.29. The molecule has 0 aliphatic heterocycles. The number of hydrogen-bond donors (Lipinski definition) is 1. The van der Waals surface area contributed by atoms with E-state index in [0.717, 1.165) is 36.3 Å². The molecule has 0 saturated carbocycles. The molecule has 1 aromatic carbocycles. The van der Waals surface area contributed by atoms with Crippen molar-refractivity contribution in [3.8, 4) is 0 Å². The van der Waals surface area contributed by atoms with Gasteiger partial charge in [-0.05, 0) is 69.2 Å². The molecule has 1 unspecified atom stereocenters. The van der Waals surface area contributed by atoms with Crippen molar-refractivity contribution in [3.05, 3.63) is 58.4 Å². The molecule has 1 N–H and O–H groups in total. The Hall–Kier alpha value is -1.81. The van der Waals surface area contributed by atoms with E-state index in [2.05, 4.69) is 24.1 Å². The van der Waals surface area contributed by atoms with Crippen molar-refractivity contribution in [1.82, 2.24) is 15.3 Å². The van der Waals surface area contributed by atoms with Crippen molar-refractivity contribution in [2.45, 2.75) is 58.5 Å². The van der Waals surface area contributed by atoms with E-state index in [4.69, 9.17) is 4.98 Å². The molecule has 0 saturated heterocycles. The third-order valence-corrected chi connectivity index (χ3v) is 4.48. The number of nitrogens with one attached hydrogen (secondary N) is 1. The standard InChI is InChI=1S/C19H24FN3/c1-13(10-15-6-5-7-16(20)11-15)21-12-19-22-14(2)17-8-3-4-9-18(17)23-19/h5-7,11,13,21H,3-4,8-10,12H2,1-2H3. The second kappa shape index (κ2) is 7.18. The van der Waals surface area contributed by atoms with Gasteiger partial charge in [-0.2, -0.15) is 0 Å². The molecule has 1 heterocycles. The molecule has 122 valence electrons. The number of nitrogens with zero attached hydrogens (tertiary/aromatic N) is 2. The number of halogens is 1. The van der Waals surface area contributed by atoms with Crippen LogP contribution in [0.25, 0.3) is 0 Å². The van der Waals surface area contributed by atoms with Gasteiger partial charge in [0.2, 0.25) is 0 Å². The van der Waals surface area contributed by atoms with Crippen LogP contribution in [0.2, 0.25) is 0 Å². The zero-order valence-electron chi connectivity index (χ0n) is 13.9. The van der Waals surface area contributed by atoms with Crippen LogP contribution < -0.4 is 5.32 Å². The van der Waals surface area contributed by atoms with Crippen LogP contribution in [0.1, 0.15) is 48.1 Å². The number of hydrogen-bond acceptors (Lipinski definition) is 3. The number of rotatable bonds is 5. The summed E-state index contributed by atoms with van der Waals surface area (Å²) in [6, 6.07) is 7.04. The molecule has 2 aromatic rings. The van der Waals surface area contributed by atoms with Crippen LogP contribution in [0, 0.1) is 12.7 Å². The highest BCUT2D eigenvalue weighted by atomic mass is 19.1. The molecular formula is C19H24FN3. The molecule has 0 spiro atoms. The molecule has 0 radical (unpaired) electrons. The lowest BCUT2D eigenvalue weighted by Gasteiger charge is -2.19. The molecule has 4 heteroatoms. The first-order valence-electron chi connectivity index (χ1n) is 8.45. The summed E-state index contributed by atoms with van der Waals surface area (Å²) in [4.78, 5) is 9.38. The number of benzene rings is 1. The van der Waals surface area contributed by atoms with E-state index in [1.165, 1.54) is 30.2 Å². The number of aryl methyl sites for hydroxylation is 2. The van der Waals surface area contributed by atoms with E-state index < -0.39 is 0 Å². The van der Waals surface area contributed by atoms with Crippen molar-refractivity contribution < 1.29 is 4.39 Å². The molecule has 3 nitrogen and oxygen atoms in total. The summed E-state index contributed by atoms with van der Waals surface area (Å²) < 4.78 is 13.2. The molecule has 0 amide bonds. The number of fused-ring (bicyclic) bond motifs is 1. The SMILES string of the molecule is Cc1nc(CNC(C)Cc2cccc(F)c2)nc2c1CCCC2. The molecular weight excluding hydrogens is 289 g/mol. The predicted octanol–water partition coefficient (Wildman–Crippen LogP) is 3.52. The minimum atomic E-state index is -0.177. The van der Waals surface area contributed by atoms with Gasteiger partial charge in [0.05, 0.1) is 6.54 Å². The van der Waals surface area contributed by atoms with Gasteiger partial charge in [0.15, 0.2) is 0 Å². The Morgan fingerprint density at radius 3 is 2.87 bits per heavy atom. The Labute approximate surface area is 137 Å². The third kappa shape index (κ3) is 4.14. The first-order chi connectivity index (χ1) is 11.1. The quantitative estimate of drug-likeness (QED) is 0.918. The van der Waals surface area contributed by atoms with Crippen LogP contribution >= 0.6 is 0 Å². The minimum absolute atomic E-state index is 0.177. The van der Waals surface area contributed by atoms with Gasteiger partial charge < -0.3 is 5.32 Å². The Morgan fingerprint density at radius 2 is 2.04 bits per heavy atom. The van der Waals surface area contributed by atoms with Gasteiger partial charge in [0, 0.05) is 17.4 Å². The van der Waals surface area contributed by atoms with Crippen LogP contribution in [0.3, 0.4) is 0 Å². The van der Waals surface area contributed by atoms with Gasteiger partial charge in [0.1, 0.15) is 11.6 Å². The Kier molecular flexibility index (Phi) is 5.01. The zero-order valence-corrected chi connectivity index (χ0v) is 13.9. The van der Waals surface area contributed by atoms with Crippen LogP contribution in [-0.2, 0) is 25.8 Å². The van der Waals surface area contributed by atoms with Gasteiger partial charge in [0.25, 0.3) is 0 Å². The van der Waals surface area contributed by atoms with E-state index in [9.17, 15) is 4.39 Å². The molecule has 3 rings (SSSR count). The highest BCUT2D eigenvalue weighted by Gasteiger charge is 2.15. The molecule has 1 aliphatic carbocycles. The van der Waals surface area contributed by atoms with Crippen molar-refractivity contribution in [3.63, 3.8) is 0 Å². The lowest BCUT2D eigenvalue weighted by atomic mass is 9.95. The highest BCUT2D eigenvalue weighted by Crippen LogP contribution is 2.21. The van der Waals surface area contributed by atoms with Crippen LogP contribution in [0.4, 0.5) is 4.39 Å².